The van der Waals surface area contributed by atoms with Gasteiger partial charge in [0, 0.05) is 25.3 Å². The van der Waals surface area contributed by atoms with Gasteiger partial charge in [-0.3, -0.25) is 4.79 Å². The maximum absolute atomic E-state index is 12.4. The van der Waals surface area contributed by atoms with Crippen LogP contribution in [0.25, 0.3) is 0 Å². The first-order valence-corrected chi connectivity index (χ1v) is 8.02. The molecule has 0 spiro atoms. The molecular formula is C16H25N3O3. The van der Waals surface area contributed by atoms with E-state index in [1.165, 1.54) is 0 Å². The fourth-order valence-electron chi connectivity index (χ4n) is 2.54. The lowest BCUT2D eigenvalue weighted by atomic mass is 10.2. The van der Waals surface area contributed by atoms with E-state index in [9.17, 15) is 9.59 Å². The van der Waals surface area contributed by atoms with Crippen LogP contribution in [0.2, 0.25) is 0 Å². The third kappa shape index (κ3) is 4.08. The van der Waals surface area contributed by atoms with Crippen LogP contribution in [0.3, 0.4) is 0 Å². The molecule has 22 heavy (non-hydrogen) atoms. The van der Waals surface area contributed by atoms with Gasteiger partial charge >= 0.3 is 5.97 Å². The molecule has 1 unspecified atom stereocenters. The fraction of sp³-hybridized carbons (Fsp3) is 0.688. The highest BCUT2D eigenvalue weighted by molar-refractivity contribution is 5.90. The maximum Gasteiger partial charge on any atom is 0.359 e. The summed E-state index contributed by atoms with van der Waals surface area (Å²) in [6.07, 6.45) is 6.83. The Balaban J connectivity index is 1.93. The number of nitrogens with zero attached hydrogens (tertiary/aromatic N) is 3. The number of rotatable bonds is 4. The number of carbonyl (C=O) groups excluding carboxylic acids is 2. The van der Waals surface area contributed by atoms with Crippen molar-refractivity contribution in [3.63, 3.8) is 0 Å². The third-order valence-electron chi connectivity index (χ3n) is 3.96. The van der Waals surface area contributed by atoms with Crippen LogP contribution in [-0.2, 0) is 9.53 Å². The molecule has 122 valence electrons. The zero-order valence-corrected chi connectivity index (χ0v) is 13.6. The fourth-order valence-corrected chi connectivity index (χ4v) is 2.54. The molecule has 0 bridgehead atoms. The minimum Gasteiger partial charge on any atom is -0.448 e. The van der Waals surface area contributed by atoms with Crippen LogP contribution in [-0.4, -0.2) is 45.5 Å². The van der Waals surface area contributed by atoms with E-state index in [1.54, 1.807) is 24.3 Å². The number of imidazole rings is 1. The number of aromatic nitrogens is 2. The first-order valence-electron chi connectivity index (χ1n) is 8.02. The number of likely N-dealkylation sites (tertiary alicyclic amines) is 1. The average Bonchev–Trinajstić information content (AvgIpc) is 2.83. The summed E-state index contributed by atoms with van der Waals surface area (Å²) in [6, 6.07) is 0.227. The standard InChI is InChI=1S/C16H25N3O3/c1-12(2)19-10-14(17-11-19)16(21)22-13(3)15(20)18-8-6-4-5-7-9-18/h10-13H,4-9H2,1-3H3. The summed E-state index contributed by atoms with van der Waals surface area (Å²) >= 11 is 0. The number of hydrogen-bond acceptors (Lipinski definition) is 4. The van der Waals surface area contributed by atoms with Gasteiger partial charge in [-0.15, -0.1) is 0 Å². The highest BCUT2D eigenvalue weighted by Gasteiger charge is 2.25. The summed E-state index contributed by atoms with van der Waals surface area (Å²) in [5.41, 5.74) is 0.240. The predicted octanol–water partition coefficient (Wildman–Crippen LogP) is 2.41. The summed E-state index contributed by atoms with van der Waals surface area (Å²) in [5, 5.41) is 0. The lowest BCUT2D eigenvalue weighted by Crippen LogP contribution is -2.40. The van der Waals surface area contributed by atoms with Crippen molar-refractivity contribution in [2.24, 2.45) is 0 Å². The van der Waals surface area contributed by atoms with Gasteiger partial charge in [0.2, 0.25) is 0 Å². The van der Waals surface area contributed by atoms with Gasteiger partial charge in [0.15, 0.2) is 11.8 Å². The van der Waals surface area contributed by atoms with E-state index in [4.69, 9.17) is 4.74 Å². The Bertz CT molecular complexity index is 516. The SMILES string of the molecule is CC(OC(=O)c1cn(C(C)C)cn1)C(=O)N1CCCCCC1. The van der Waals surface area contributed by atoms with Crippen LogP contribution in [0.5, 0.6) is 0 Å². The van der Waals surface area contributed by atoms with Crippen LogP contribution >= 0.6 is 0 Å². The summed E-state index contributed by atoms with van der Waals surface area (Å²) in [6.45, 7) is 7.14. The molecular weight excluding hydrogens is 282 g/mol. The van der Waals surface area contributed by atoms with Gasteiger partial charge in [-0.25, -0.2) is 9.78 Å². The van der Waals surface area contributed by atoms with Gasteiger partial charge in [-0.1, -0.05) is 12.8 Å². The van der Waals surface area contributed by atoms with Crippen molar-refractivity contribution < 1.29 is 14.3 Å². The van der Waals surface area contributed by atoms with E-state index in [0.717, 1.165) is 38.8 Å². The number of carbonyl (C=O) groups is 2. The summed E-state index contributed by atoms with van der Waals surface area (Å²) in [5.74, 6) is -0.659. The Morgan fingerprint density at radius 1 is 1.14 bits per heavy atom. The van der Waals surface area contributed by atoms with Gasteiger partial charge in [-0.05, 0) is 33.6 Å². The second-order valence-electron chi connectivity index (χ2n) is 6.09. The molecule has 1 aliphatic rings. The summed E-state index contributed by atoms with van der Waals surface area (Å²) < 4.78 is 7.11. The molecule has 0 aromatic carbocycles. The molecule has 1 saturated heterocycles. The van der Waals surface area contributed by atoms with Crippen LogP contribution < -0.4 is 0 Å². The lowest BCUT2D eigenvalue weighted by molar-refractivity contribution is -0.139. The van der Waals surface area contributed by atoms with Gasteiger partial charge in [0.05, 0.1) is 6.33 Å². The Morgan fingerprint density at radius 3 is 2.32 bits per heavy atom. The highest BCUT2D eigenvalue weighted by atomic mass is 16.5. The molecule has 6 heteroatoms. The molecule has 1 atom stereocenters. The number of ether oxygens (including phenoxy) is 1. The highest BCUT2D eigenvalue weighted by Crippen LogP contribution is 2.13. The van der Waals surface area contributed by atoms with Crippen LogP contribution in [0.4, 0.5) is 0 Å². The predicted molar refractivity (Wildman–Crippen MR) is 82.5 cm³/mol. The maximum atomic E-state index is 12.4. The first kappa shape index (κ1) is 16.5. The molecule has 6 nitrogen and oxygen atoms in total. The Labute approximate surface area is 131 Å². The quantitative estimate of drug-likeness (QED) is 0.801. The zero-order valence-electron chi connectivity index (χ0n) is 13.6. The minimum absolute atomic E-state index is 0.112. The van der Waals surface area contributed by atoms with Crippen LogP contribution in [0, 0.1) is 0 Å². The topological polar surface area (TPSA) is 64.4 Å². The number of amides is 1. The van der Waals surface area contributed by atoms with Crippen molar-refractivity contribution in [3.8, 4) is 0 Å². The van der Waals surface area contributed by atoms with Gasteiger partial charge < -0.3 is 14.2 Å². The number of esters is 1. The van der Waals surface area contributed by atoms with E-state index in [2.05, 4.69) is 4.98 Å². The lowest BCUT2D eigenvalue weighted by Gasteiger charge is -2.23. The largest absolute Gasteiger partial charge is 0.448 e. The molecule has 2 heterocycles. The van der Waals surface area contributed by atoms with Gasteiger partial charge in [0.1, 0.15) is 0 Å². The third-order valence-corrected chi connectivity index (χ3v) is 3.96. The van der Waals surface area contributed by atoms with Crippen molar-refractivity contribution in [1.82, 2.24) is 14.5 Å². The zero-order chi connectivity index (χ0) is 16.1. The van der Waals surface area contributed by atoms with E-state index in [-0.39, 0.29) is 17.6 Å². The summed E-state index contributed by atoms with van der Waals surface area (Å²) in [7, 11) is 0. The average molecular weight is 307 g/mol. The Morgan fingerprint density at radius 2 is 1.77 bits per heavy atom. The van der Waals surface area contributed by atoms with E-state index in [0.29, 0.717) is 0 Å². The normalized spacial score (nSPS) is 17.2. The van der Waals surface area contributed by atoms with Crippen molar-refractivity contribution in [3.05, 3.63) is 18.2 Å². The molecule has 0 saturated carbocycles. The van der Waals surface area contributed by atoms with Crippen LogP contribution in [0.1, 0.15) is 63.0 Å². The second kappa shape index (κ2) is 7.42. The molecule has 1 amide bonds. The van der Waals surface area contributed by atoms with E-state index >= 15 is 0 Å². The van der Waals surface area contributed by atoms with Crippen molar-refractivity contribution in [1.29, 1.82) is 0 Å². The monoisotopic (exact) mass is 307 g/mol. The van der Waals surface area contributed by atoms with E-state index in [1.807, 2.05) is 18.4 Å². The molecule has 1 fully saturated rings. The molecule has 0 N–H and O–H groups in total. The van der Waals surface area contributed by atoms with Gasteiger partial charge in [-0.2, -0.15) is 0 Å². The van der Waals surface area contributed by atoms with Crippen molar-refractivity contribution in [2.75, 3.05) is 13.1 Å². The smallest absolute Gasteiger partial charge is 0.359 e. The minimum atomic E-state index is -0.769. The first-order chi connectivity index (χ1) is 10.5. The van der Waals surface area contributed by atoms with Crippen LogP contribution in [0.15, 0.2) is 12.5 Å². The second-order valence-corrected chi connectivity index (χ2v) is 6.09. The molecule has 1 aliphatic heterocycles. The van der Waals surface area contributed by atoms with Gasteiger partial charge in [0.25, 0.3) is 5.91 Å². The Kier molecular flexibility index (Phi) is 5.57. The van der Waals surface area contributed by atoms with E-state index < -0.39 is 12.1 Å². The molecule has 2 rings (SSSR count). The Hall–Kier alpha value is -1.85. The summed E-state index contributed by atoms with van der Waals surface area (Å²) in [4.78, 5) is 30.3. The molecule has 1 aromatic rings. The van der Waals surface area contributed by atoms with Crippen molar-refractivity contribution in [2.45, 2.75) is 58.6 Å². The molecule has 1 aromatic heterocycles. The molecule has 0 radical (unpaired) electrons. The molecule has 0 aliphatic carbocycles. The number of hydrogen-bond donors (Lipinski definition) is 0. The van der Waals surface area contributed by atoms with Crippen molar-refractivity contribution >= 4 is 11.9 Å².